The van der Waals surface area contributed by atoms with Crippen molar-refractivity contribution >= 4 is 16.7 Å². The Morgan fingerprint density at radius 1 is 1.13 bits per heavy atom. The van der Waals surface area contributed by atoms with Gasteiger partial charge in [-0.1, -0.05) is 37.3 Å². The number of nitrogens with zero attached hydrogens (tertiary/aromatic N) is 1. The van der Waals surface area contributed by atoms with Crippen LogP contribution in [0.1, 0.15) is 36.5 Å². The van der Waals surface area contributed by atoms with Crippen molar-refractivity contribution in [2.24, 2.45) is 5.92 Å². The maximum Gasteiger partial charge on any atom is 0.251 e. The van der Waals surface area contributed by atoms with Gasteiger partial charge in [0.25, 0.3) is 5.91 Å². The molecule has 1 N–H and O–H groups in total. The molecule has 2 aromatic carbocycles. The molecular formula is C20H26N2O. The fraction of sp³-hybridized carbons (Fsp3) is 0.450. The van der Waals surface area contributed by atoms with Crippen molar-refractivity contribution < 1.29 is 4.79 Å². The van der Waals surface area contributed by atoms with Crippen LogP contribution in [0.5, 0.6) is 0 Å². The summed E-state index contributed by atoms with van der Waals surface area (Å²) in [7, 11) is 0. The summed E-state index contributed by atoms with van der Waals surface area (Å²) in [5, 5.41) is 5.33. The third kappa shape index (κ3) is 4.32. The first-order chi connectivity index (χ1) is 11.2. The van der Waals surface area contributed by atoms with Gasteiger partial charge in [-0.3, -0.25) is 4.79 Å². The highest BCUT2D eigenvalue weighted by atomic mass is 16.1. The molecule has 0 unspecified atom stereocenters. The van der Waals surface area contributed by atoms with E-state index in [1.165, 1.54) is 31.3 Å². The zero-order valence-electron chi connectivity index (χ0n) is 13.9. The van der Waals surface area contributed by atoms with Crippen LogP contribution in [0.25, 0.3) is 10.8 Å². The number of carbonyl (C=O) groups is 1. The Hall–Kier alpha value is -1.87. The van der Waals surface area contributed by atoms with Crippen molar-refractivity contribution in [3.8, 4) is 0 Å². The van der Waals surface area contributed by atoms with Gasteiger partial charge in [0.1, 0.15) is 0 Å². The lowest BCUT2D eigenvalue weighted by molar-refractivity contribution is 0.0950. The van der Waals surface area contributed by atoms with Gasteiger partial charge in [0.2, 0.25) is 0 Å². The summed E-state index contributed by atoms with van der Waals surface area (Å²) in [5.74, 6) is 0.905. The van der Waals surface area contributed by atoms with E-state index in [1.807, 2.05) is 36.4 Å². The molecule has 23 heavy (non-hydrogen) atoms. The quantitative estimate of drug-likeness (QED) is 0.854. The van der Waals surface area contributed by atoms with Crippen LogP contribution in [0, 0.1) is 5.92 Å². The maximum absolute atomic E-state index is 12.3. The van der Waals surface area contributed by atoms with E-state index < -0.39 is 0 Å². The molecule has 0 aliphatic carbocycles. The molecule has 122 valence electrons. The second-order valence-corrected chi connectivity index (χ2v) is 6.70. The number of hydrogen-bond donors (Lipinski definition) is 1. The smallest absolute Gasteiger partial charge is 0.251 e. The number of piperidine rings is 1. The molecule has 0 aromatic heterocycles. The van der Waals surface area contributed by atoms with Crippen LogP contribution in [0.2, 0.25) is 0 Å². The molecule has 0 radical (unpaired) electrons. The number of benzene rings is 2. The molecule has 3 nitrogen and oxygen atoms in total. The minimum Gasteiger partial charge on any atom is -0.352 e. The SMILES string of the molecule is CC1CCN(CCCNC(=O)c2ccc3ccccc3c2)CC1. The van der Waals surface area contributed by atoms with E-state index in [0.717, 1.165) is 36.4 Å². The average molecular weight is 310 g/mol. The summed E-state index contributed by atoms with van der Waals surface area (Å²) in [6.45, 7) is 6.59. The Balaban J connectivity index is 1.45. The lowest BCUT2D eigenvalue weighted by Crippen LogP contribution is -2.35. The fourth-order valence-electron chi connectivity index (χ4n) is 3.22. The van der Waals surface area contributed by atoms with Gasteiger partial charge in [-0.05, 0) is 67.7 Å². The monoisotopic (exact) mass is 310 g/mol. The Bertz CT molecular complexity index is 659. The molecule has 0 atom stereocenters. The summed E-state index contributed by atoms with van der Waals surface area (Å²) < 4.78 is 0. The normalized spacial score (nSPS) is 16.6. The number of rotatable bonds is 5. The van der Waals surface area contributed by atoms with Crippen molar-refractivity contribution in [3.05, 3.63) is 48.0 Å². The third-order valence-corrected chi connectivity index (χ3v) is 4.82. The van der Waals surface area contributed by atoms with Gasteiger partial charge in [-0.2, -0.15) is 0 Å². The molecule has 0 bridgehead atoms. The molecule has 0 spiro atoms. The Morgan fingerprint density at radius 2 is 1.87 bits per heavy atom. The summed E-state index contributed by atoms with van der Waals surface area (Å²) in [5.41, 5.74) is 0.746. The number of nitrogens with one attached hydrogen (secondary N) is 1. The Kier molecular flexibility index (Phi) is 5.29. The highest BCUT2D eigenvalue weighted by molar-refractivity contribution is 5.98. The molecule has 1 fully saturated rings. The second kappa shape index (κ2) is 7.60. The number of likely N-dealkylation sites (tertiary alicyclic amines) is 1. The van der Waals surface area contributed by atoms with E-state index in [2.05, 4.69) is 23.2 Å². The lowest BCUT2D eigenvalue weighted by Gasteiger charge is -2.30. The molecular weight excluding hydrogens is 284 g/mol. The molecule has 1 amide bonds. The van der Waals surface area contributed by atoms with E-state index in [1.54, 1.807) is 0 Å². The predicted molar refractivity (Wildman–Crippen MR) is 95.7 cm³/mol. The third-order valence-electron chi connectivity index (χ3n) is 4.82. The van der Waals surface area contributed by atoms with Gasteiger partial charge in [-0.25, -0.2) is 0 Å². The Labute approximate surface area is 138 Å². The zero-order chi connectivity index (χ0) is 16.1. The number of fused-ring (bicyclic) bond motifs is 1. The standard InChI is InChI=1S/C20H26N2O/c1-16-9-13-22(14-10-16)12-4-11-21-20(23)19-8-7-17-5-2-3-6-18(17)15-19/h2-3,5-8,15-16H,4,9-14H2,1H3,(H,21,23). The second-order valence-electron chi connectivity index (χ2n) is 6.70. The summed E-state index contributed by atoms with van der Waals surface area (Å²) >= 11 is 0. The molecule has 1 aliphatic heterocycles. The highest BCUT2D eigenvalue weighted by Gasteiger charge is 2.15. The largest absolute Gasteiger partial charge is 0.352 e. The minimum absolute atomic E-state index is 0.0306. The van der Waals surface area contributed by atoms with Crippen LogP contribution < -0.4 is 5.32 Å². The first-order valence-electron chi connectivity index (χ1n) is 8.72. The van der Waals surface area contributed by atoms with Crippen LogP contribution in [0.4, 0.5) is 0 Å². The highest BCUT2D eigenvalue weighted by Crippen LogP contribution is 2.16. The summed E-state index contributed by atoms with van der Waals surface area (Å²) in [6.07, 6.45) is 3.64. The minimum atomic E-state index is 0.0306. The van der Waals surface area contributed by atoms with Crippen LogP contribution in [0.15, 0.2) is 42.5 Å². The van der Waals surface area contributed by atoms with Crippen LogP contribution in [0.3, 0.4) is 0 Å². The van der Waals surface area contributed by atoms with Gasteiger partial charge in [-0.15, -0.1) is 0 Å². The number of hydrogen-bond acceptors (Lipinski definition) is 2. The average Bonchev–Trinajstić information content (AvgIpc) is 2.59. The van der Waals surface area contributed by atoms with Gasteiger partial charge in [0, 0.05) is 12.1 Å². The number of amides is 1. The van der Waals surface area contributed by atoms with Gasteiger partial charge >= 0.3 is 0 Å². The summed E-state index contributed by atoms with van der Waals surface area (Å²) in [6, 6.07) is 14.0. The van der Waals surface area contributed by atoms with Gasteiger partial charge in [0.05, 0.1) is 0 Å². The molecule has 1 heterocycles. The van der Waals surface area contributed by atoms with Crippen LogP contribution >= 0.6 is 0 Å². The van der Waals surface area contributed by atoms with Crippen molar-refractivity contribution in [1.82, 2.24) is 10.2 Å². The van der Waals surface area contributed by atoms with Crippen molar-refractivity contribution in [1.29, 1.82) is 0 Å². The molecule has 1 saturated heterocycles. The van der Waals surface area contributed by atoms with Crippen LogP contribution in [-0.2, 0) is 0 Å². The van der Waals surface area contributed by atoms with E-state index in [-0.39, 0.29) is 5.91 Å². The van der Waals surface area contributed by atoms with Gasteiger partial charge in [0.15, 0.2) is 0 Å². The van der Waals surface area contributed by atoms with E-state index >= 15 is 0 Å². The molecule has 0 saturated carbocycles. The van der Waals surface area contributed by atoms with Crippen molar-refractivity contribution in [2.45, 2.75) is 26.2 Å². The van der Waals surface area contributed by atoms with E-state index in [9.17, 15) is 4.79 Å². The Morgan fingerprint density at radius 3 is 2.65 bits per heavy atom. The molecule has 1 aliphatic rings. The molecule has 3 rings (SSSR count). The van der Waals surface area contributed by atoms with Crippen molar-refractivity contribution in [3.63, 3.8) is 0 Å². The molecule has 2 aromatic rings. The molecule has 3 heteroatoms. The van der Waals surface area contributed by atoms with E-state index in [0.29, 0.717) is 0 Å². The summed E-state index contributed by atoms with van der Waals surface area (Å²) in [4.78, 5) is 14.8. The van der Waals surface area contributed by atoms with Gasteiger partial charge < -0.3 is 10.2 Å². The fourth-order valence-corrected chi connectivity index (χ4v) is 3.22. The lowest BCUT2D eigenvalue weighted by atomic mass is 9.99. The van der Waals surface area contributed by atoms with Crippen LogP contribution in [-0.4, -0.2) is 37.0 Å². The predicted octanol–water partition coefficient (Wildman–Crippen LogP) is 3.69. The first kappa shape index (κ1) is 16.0. The first-order valence-corrected chi connectivity index (χ1v) is 8.72. The number of carbonyl (C=O) groups excluding carboxylic acids is 1. The van der Waals surface area contributed by atoms with Crippen molar-refractivity contribution in [2.75, 3.05) is 26.2 Å². The maximum atomic E-state index is 12.3. The zero-order valence-corrected chi connectivity index (χ0v) is 13.9. The van der Waals surface area contributed by atoms with E-state index in [4.69, 9.17) is 0 Å². The topological polar surface area (TPSA) is 32.3 Å².